The lowest BCUT2D eigenvalue weighted by Crippen LogP contribution is -2.44. The highest BCUT2D eigenvalue weighted by Crippen LogP contribution is 2.26. The molecule has 5 atom stereocenters. The fourth-order valence-corrected chi connectivity index (χ4v) is 5.96. The third-order valence-corrected chi connectivity index (χ3v) is 8.55. The zero-order valence-electron chi connectivity index (χ0n) is 27.3. The van der Waals surface area contributed by atoms with Crippen LogP contribution in [0.5, 0.6) is 0 Å². The Balaban J connectivity index is 1.54. The van der Waals surface area contributed by atoms with Gasteiger partial charge in [0.25, 0.3) is 5.91 Å². The Hall–Kier alpha value is -4.63. The number of fused-ring (bicyclic) bond motifs is 3. The van der Waals surface area contributed by atoms with E-state index in [2.05, 4.69) is 20.6 Å². The summed E-state index contributed by atoms with van der Waals surface area (Å²) in [6, 6.07) is -0.913. The van der Waals surface area contributed by atoms with Crippen molar-refractivity contribution in [3.8, 4) is 0 Å². The Labute approximate surface area is 282 Å². The van der Waals surface area contributed by atoms with E-state index in [1.54, 1.807) is 44.4 Å². The Bertz CT molecular complexity index is 1580. The molecule has 5 unspecified atom stereocenters. The number of aliphatic hydroxyl groups excluding tert-OH is 1. The number of amides is 3. The molecule has 3 amide bonds. The predicted molar refractivity (Wildman–Crippen MR) is 175 cm³/mol. The van der Waals surface area contributed by atoms with Crippen molar-refractivity contribution >= 4 is 46.8 Å². The highest BCUT2D eigenvalue weighted by atomic mass is 32.1. The number of nitrogens with zero attached hydrogens (tertiary/aromatic N) is 3. The third-order valence-electron chi connectivity index (χ3n) is 7.78. The van der Waals surface area contributed by atoms with Gasteiger partial charge in [-0.2, -0.15) is 0 Å². The van der Waals surface area contributed by atoms with Gasteiger partial charge in [0.2, 0.25) is 11.8 Å². The normalized spacial score (nSPS) is 26.4. The second-order valence-electron chi connectivity index (χ2n) is 11.9. The molecular formula is C33H41N5O9S. The molecule has 3 N–H and O–H groups in total. The molecule has 2 bridgehead atoms. The SMILES string of the molecule is CC1=C\C(O)CC(=O)Cc2nc(co2)C(=O)N2CCCC2C(=O)OC(C(C)COC(=O)Nc2csc(C)n2)C(C)/C=C/C(=O)NC\C=C\1. The highest BCUT2D eigenvalue weighted by molar-refractivity contribution is 7.09. The first-order chi connectivity index (χ1) is 22.9. The molecule has 0 saturated carbocycles. The number of aryl methyl sites for hydroxylation is 1. The van der Waals surface area contributed by atoms with Crippen molar-refractivity contribution in [2.24, 2.45) is 11.8 Å². The van der Waals surface area contributed by atoms with Crippen molar-refractivity contribution in [1.82, 2.24) is 20.2 Å². The van der Waals surface area contributed by atoms with Crippen LogP contribution in [0.1, 0.15) is 61.4 Å². The van der Waals surface area contributed by atoms with Crippen LogP contribution in [0.15, 0.2) is 52.0 Å². The molecule has 258 valence electrons. The molecule has 48 heavy (non-hydrogen) atoms. The van der Waals surface area contributed by atoms with Crippen LogP contribution >= 0.6 is 11.3 Å². The van der Waals surface area contributed by atoms with E-state index < -0.39 is 48.1 Å². The summed E-state index contributed by atoms with van der Waals surface area (Å²) in [6.07, 6.45) is 6.91. The number of aliphatic hydroxyl groups is 1. The number of oxazole rings is 1. The number of ether oxygens (including phenoxy) is 2. The lowest BCUT2D eigenvalue weighted by atomic mass is 9.93. The van der Waals surface area contributed by atoms with Gasteiger partial charge in [-0.15, -0.1) is 11.3 Å². The smallest absolute Gasteiger partial charge is 0.412 e. The second-order valence-corrected chi connectivity index (χ2v) is 13.0. The standard InChI is InChI=1S/C33H41N5O9S/c1-19-7-5-11-34-28(41)10-9-20(2)30(21(3)16-46-33(44)37-27-18-48-22(4)35-27)47-32(43)26-8-6-12-38(26)31(42)25-17-45-29(36-25)15-24(40)14-23(39)13-19/h5,7,9-10,13,17-18,20-21,23,26,30,39H,6,8,11-12,14-16H2,1-4H3,(H,34,41)(H,37,44)/b7-5+,10-9+,19-13+. The summed E-state index contributed by atoms with van der Waals surface area (Å²) in [7, 11) is 0. The minimum absolute atomic E-state index is 0.0204. The van der Waals surface area contributed by atoms with Crippen LogP contribution in [0.25, 0.3) is 0 Å². The zero-order chi connectivity index (χ0) is 34.8. The molecule has 2 aliphatic heterocycles. The van der Waals surface area contributed by atoms with E-state index in [0.717, 1.165) is 11.3 Å². The summed E-state index contributed by atoms with van der Waals surface area (Å²) < 4.78 is 16.8. The summed E-state index contributed by atoms with van der Waals surface area (Å²) in [5.41, 5.74) is 0.631. The van der Waals surface area contributed by atoms with Gasteiger partial charge in [0, 0.05) is 36.7 Å². The number of rotatable bonds is 4. The summed E-state index contributed by atoms with van der Waals surface area (Å²) in [5, 5.41) is 18.1. The minimum Gasteiger partial charge on any atom is -0.460 e. The first kappa shape index (κ1) is 36.2. The van der Waals surface area contributed by atoms with E-state index in [1.165, 1.54) is 28.4 Å². The molecule has 1 fully saturated rings. The van der Waals surface area contributed by atoms with Crippen molar-refractivity contribution in [1.29, 1.82) is 0 Å². The number of esters is 1. The number of nitrogens with one attached hydrogen (secondary N) is 2. The van der Waals surface area contributed by atoms with Gasteiger partial charge in [-0.05, 0) is 32.8 Å². The fraction of sp³-hybridized carbons (Fsp3) is 0.485. The topological polar surface area (TPSA) is 190 Å². The molecule has 15 heteroatoms. The van der Waals surface area contributed by atoms with Crippen molar-refractivity contribution in [2.75, 3.05) is 25.0 Å². The van der Waals surface area contributed by atoms with Gasteiger partial charge >= 0.3 is 12.1 Å². The summed E-state index contributed by atoms with van der Waals surface area (Å²) in [4.78, 5) is 74.3. The van der Waals surface area contributed by atoms with E-state index in [0.29, 0.717) is 24.2 Å². The first-order valence-electron chi connectivity index (χ1n) is 15.7. The molecule has 2 aromatic rings. The van der Waals surface area contributed by atoms with Gasteiger partial charge in [-0.25, -0.2) is 19.6 Å². The number of Topliss-reactive ketones (excluding diaryl/α,β-unsaturated/α-hetero) is 1. The van der Waals surface area contributed by atoms with Crippen molar-refractivity contribution in [2.45, 2.75) is 71.6 Å². The molecule has 2 aliphatic rings. The number of hydrogen-bond donors (Lipinski definition) is 3. The van der Waals surface area contributed by atoms with Crippen LogP contribution in [0.3, 0.4) is 0 Å². The largest absolute Gasteiger partial charge is 0.460 e. The molecule has 14 nitrogen and oxygen atoms in total. The summed E-state index contributed by atoms with van der Waals surface area (Å²) in [6.45, 7) is 7.45. The Morgan fingerprint density at radius 3 is 2.77 bits per heavy atom. The van der Waals surface area contributed by atoms with Crippen LogP contribution in [0.2, 0.25) is 0 Å². The maximum Gasteiger partial charge on any atom is 0.412 e. The Morgan fingerprint density at radius 1 is 1.23 bits per heavy atom. The number of cyclic esters (lactones) is 1. The number of anilines is 1. The average Bonchev–Trinajstić information content (AvgIpc) is 3.80. The maximum atomic E-state index is 13.6. The Morgan fingerprint density at radius 2 is 2.02 bits per heavy atom. The summed E-state index contributed by atoms with van der Waals surface area (Å²) in [5.74, 6) is -2.54. The lowest BCUT2D eigenvalue weighted by Gasteiger charge is -2.30. The van der Waals surface area contributed by atoms with Crippen molar-refractivity contribution < 1.29 is 43.0 Å². The maximum absolute atomic E-state index is 13.6. The molecule has 0 spiro atoms. The van der Waals surface area contributed by atoms with Crippen LogP contribution in [-0.4, -0.2) is 87.6 Å². The average molecular weight is 684 g/mol. The van der Waals surface area contributed by atoms with E-state index in [4.69, 9.17) is 13.9 Å². The number of thiazole rings is 1. The van der Waals surface area contributed by atoms with Crippen LogP contribution in [0.4, 0.5) is 10.6 Å². The second kappa shape index (κ2) is 17.0. The van der Waals surface area contributed by atoms with E-state index in [1.807, 2.05) is 6.92 Å². The van der Waals surface area contributed by atoms with E-state index in [-0.39, 0.29) is 55.8 Å². The van der Waals surface area contributed by atoms with Crippen LogP contribution in [-0.2, 0) is 30.3 Å². The minimum atomic E-state index is -1.05. The van der Waals surface area contributed by atoms with Crippen molar-refractivity contribution in [3.63, 3.8) is 0 Å². The van der Waals surface area contributed by atoms with Gasteiger partial charge in [0.1, 0.15) is 30.0 Å². The number of aromatic nitrogens is 2. The van der Waals surface area contributed by atoms with Crippen molar-refractivity contribution in [3.05, 3.63) is 64.2 Å². The molecule has 2 aromatic heterocycles. The molecule has 1 saturated heterocycles. The molecule has 4 heterocycles. The van der Waals surface area contributed by atoms with Gasteiger partial charge in [-0.1, -0.05) is 43.7 Å². The number of hydrogen-bond acceptors (Lipinski definition) is 12. The molecular weight excluding hydrogens is 642 g/mol. The Kier molecular flexibility index (Phi) is 12.8. The van der Waals surface area contributed by atoms with Gasteiger partial charge in [0.15, 0.2) is 5.69 Å². The fourth-order valence-electron chi connectivity index (χ4n) is 5.41. The molecule has 4 rings (SSSR count). The highest BCUT2D eigenvalue weighted by Gasteiger charge is 2.39. The monoisotopic (exact) mass is 683 g/mol. The molecule has 0 radical (unpaired) electrons. The zero-order valence-corrected chi connectivity index (χ0v) is 28.2. The number of carbonyl (C=O) groups is 5. The summed E-state index contributed by atoms with van der Waals surface area (Å²) >= 11 is 1.38. The van der Waals surface area contributed by atoms with Crippen LogP contribution < -0.4 is 10.6 Å². The quantitative estimate of drug-likeness (QED) is 0.400. The predicted octanol–water partition coefficient (Wildman–Crippen LogP) is 3.53. The van der Waals surface area contributed by atoms with Crippen LogP contribution in [0, 0.1) is 18.8 Å². The van der Waals surface area contributed by atoms with Gasteiger partial charge in [0.05, 0.1) is 24.1 Å². The number of ketones is 1. The van der Waals surface area contributed by atoms with Gasteiger partial charge in [-0.3, -0.25) is 19.7 Å². The number of carbonyl (C=O) groups excluding carboxylic acids is 5. The number of allylic oxidation sites excluding steroid dienone is 2. The lowest BCUT2D eigenvalue weighted by molar-refractivity contribution is -0.159. The van der Waals surface area contributed by atoms with E-state index >= 15 is 0 Å². The molecule has 0 aliphatic carbocycles. The van der Waals surface area contributed by atoms with E-state index in [9.17, 15) is 29.1 Å². The van der Waals surface area contributed by atoms with Gasteiger partial charge < -0.3 is 29.2 Å². The molecule has 0 aromatic carbocycles. The third kappa shape index (κ3) is 10.4. The first-order valence-corrected chi connectivity index (χ1v) is 16.6.